The quantitative estimate of drug-likeness (QED) is 0.404. The van der Waals surface area contributed by atoms with Gasteiger partial charge in [-0.3, -0.25) is 9.59 Å². The molecule has 0 aromatic heterocycles. The zero-order valence-electron chi connectivity index (χ0n) is 19.9. The van der Waals surface area contributed by atoms with Crippen LogP contribution in [0.4, 0.5) is 0 Å². The van der Waals surface area contributed by atoms with Crippen molar-refractivity contribution in [1.29, 1.82) is 0 Å². The predicted molar refractivity (Wildman–Crippen MR) is 134 cm³/mol. The Balaban J connectivity index is 1.57. The van der Waals surface area contributed by atoms with Gasteiger partial charge in [0.25, 0.3) is 0 Å². The minimum atomic E-state index is -3.43. The molecule has 2 aliphatic rings. The van der Waals surface area contributed by atoms with Crippen molar-refractivity contribution in [3.8, 4) is 5.75 Å². The summed E-state index contributed by atoms with van der Waals surface area (Å²) in [6.45, 7) is 0.609. The third kappa shape index (κ3) is 9.54. The molecule has 0 unspecified atom stereocenters. The Morgan fingerprint density at radius 1 is 1.11 bits per heavy atom. The fourth-order valence-corrected chi connectivity index (χ4v) is 4.28. The van der Waals surface area contributed by atoms with E-state index in [0.29, 0.717) is 48.4 Å². The van der Waals surface area contributed by atoms with Gasteiger partial charge < -0.3 is 15.2 Å². The van der Waals surface area contributed by atoms with E-state index in [1.807, 2.05) is 12.2 Å². The summed E-state index contributed by atoms with van der Waals surface area (Å²) in [7, 11) is -3.43. The Hall–Kier alpha value is -3.17. The molecular formula is C26H32N2O6S. The van der Waals surface area contributed by atoms with E-state index in [4.69, 9.17) is 9.84 Å². The molecule has 0 fully saturated rings. The van der Waals surface area contributed by atoms with Gasteiger partial charge in [-0.2, -0.15) is 0 Å². The minimum Gasteiger partial charge on any atom is -0.481 e. The minimum absolute atomic E-state index is 0.00226. The summed E-state index contributed by atoms with van der Waals surface area (Å²) in [6.07, 6.45) is 15.7. The first kappa shape index (κ1) is 26.4. The van der Waals surface area contributed by atoms with E-state index in [9.17, 15) is 18.0 Å². The molecule has 0 bridgehead atoms. The first-order valence-electron chi connectivity index (χ1n) is 11.6. The van der Waals surface area contributed by atoms with Crippen LogP contribution in [0.5, 0.6) is 5.75 Å². The van der Waals surface area contributed by atoms with Crippen LogP contribution < -0.4 is 14.8 Å². The Morgan fingerprint density at radius 3 is 2.60 bits per heavy atom. The number of carbonyl (C=O) groups excluding carboxylic acids is 1. The van der Waals surface area contributed by atoms with Crippen molar-refractivity contribution in [2.75, 3.05) is 12.8 Å². The number of rotatable bonds is 12. The fourth-order valence-electron chi connectivity index (χ4n) is 3.87. The molecule has 0 aliphatic heterocycles. The molecule has 8 nitrogen and oxygen atoms in total. The van der Waals surface area contributed by atoms with Crippen molar-refractivity contribution < 1.29 is 27.9 Å². The van der Waals surface area contributed by atoms with Crippen LogP contribution >= 0.6 is 0 Å². The van der Waals surface area contributed by atoms with Crippen molar-refractivity contribution in [1.82, 2.24) is 10.0 Å². The van der Waals surface area contributed by atoms with Crippen LogP contribution in [0.1, 0.15) is 49.7 Å². The SMILES string of the molecule is CS(=O)(=O)NCc1cc(CC(=O)O)ccc1OC1=CC=C(CC(=O)NCCC2=CCCC=C2)CC1. The molecule has 0 heterocycles. The van der Waals surface area contributed by atoms with Gasteiger partial charge in [-0.25, -0.2) is 13.1 Å². The highest BCUT2D eigenvalue weighted by Gasteiger charge is 2.15. The molecule has 1 aromatic carbocycles. The maximum atomic E-state index is 12.3. The molecule has 0 saturated carbocycles. The number of carbonyl (C=O) groups is 2. The smallest absolute Gasteiger partial charge is 0.307 e. The summed E-state index contributed by atoms with van der Waals surface area (Å²) in [6, 6.07) is 4.94. The molecule has 0 saturated heterocycles. The third-order valence-electron chi connectivity index (χ3n) is 5.64. The second kappa shape index (κ2) is 12.5. The van der Waals surface area contributed by atoms with Crippen LogP contribution in [-0.4, -0.2) is 38.2 Å². The summed E-state index contributed by atoms with van der Waals surface area (Å²) in [5.74, 6) is 0.178. The van der Waals surface area contributed by atoms with Crippen molar-refractivity contribution >= 4 is 21.9 Å². The molecule has 1 aromatic rings. The van der Waals surface area contributed by atoms with Gasteiger partial charge in [0.2, 0.25) is 15.9 Å². The van der Waals surface area contributed by atoms with Crippen LogP contribution in [0.2, 0.25) is 0 Å². The molecule has 9 heteroatoms. The molecule has 0 radical (unpaired) electrons. The molecule has 3 rings (SSSR count). The van der Waals surface area contributed by atoms with E-state index < -0.39 is 16.0 Å². The maximum absolute atomic E-state index is 12.3. The maximum Gasteiger partial charge on any atom is 0.307 e. The number of hydrogen-bond acceptors (Lipinski definition) is 5. The van der Waals surface area contributed by atoms with E-state index in [0.717, 1.165) is 31.1 Å². The van der Waals surface area contributed by atoms with Crippen LogP contribution in [0, 0.1) is 0 Å². The topological polar surface area (TPSA) is 122 Å². The van der Waals surface area contributed by atoms with E-state index >= 15 is 0 Å². The van der Waals surface area contributed by atoms with E-state index in [1.54, 1.807) is 18.2 Å². The number of amides is 1. The first-order chi connectivity index (χ1) is 16.7. The van der Waals surface area contributed by atoms with Crippen molar-refractivity contribution in [2.24, 2.45) is 0 Å². The second-order valence-corrected chi connectivity index (χ2v) is 10.5. The largest absolute Gasteiger partial charge is 0.481 e. The molecule has 0 atom stereocenters. The van der Waals surface area contributed by atoms with Crippen molar-refractivity contribution in [2.45, 2.75) is 51.5 Å². The number of allylic oxidation sites excluding steroid dienone is 6. The van der Waals surface area contributed by atoms with E-state index in [1.165, 1.54) is 5.57 Å². The molecular weight excluding hydrogens is 468 g/mol. The van der Waals surface area contributed by atoms with Crippen LogP contribution in [0.25, 0.3) is 0 Å². The number of carboxylic acid groups (broad SMARTS) is 1. The number of sulfonamides is 1. The number of benzene rings is 1. The van der Waals surface area contributed by atoms with Gasteiger partial charge in [0.15, 0.2) is 0 Å². The molecule has 1 amide bonds. The first-order valence-corrected chi connectivity index (χ1v) is 13.5. The van der Waals surface area contributed by atoms with E-state index in [-0.39, 0.29) is 18.9 Å². The highest BCUT2D eigenvalue weighted by molar-refractivity contribution is 7.88. The zero-order chi connectivity index (χ0) is 25.3. The zero-order valence-corrected chi connectivity index (χ0v) is 20.7. The lowest BCUT2D eigenvalue weighted by Gasteiger charge is -2.18. The standard InChI is InChI=1S/C26H32N2O6S/c1-35(32,33)28-18-22-15-21(17-26(30)31)9-12-24(22)34-23-10-7-20(8-11-23)16-25(29)27-14-13-19-5-3-2-4-6-19/h3,5-7,9-10,12,15,28H,2,4,8,11,13-14,16-18H2,1H3,(H,27,29)(H,30,31). The highest BCUT2D eigenvalue weighted by Crippen LogP contribution is 2.27. The summed E-state index contributed by atoms with van der Waals surface area (Å²) in [5.41, 5.74) is 3.38. The van der Waals surface area contributed by atoms with Gasteiger partial charge in [-0.1, -0.05) is 47.6 Å². The van der Waals surface area contributed by atoms with Gasteiger partial charge in [0.05, 0.1) is 12.7 Å². The lowest BCUT2D eigenvalue weighted by atomic mass is 10.00. The number of hydrogen-bond donors (Lipinski definition) is 3. The van der Waals surface area contributed by atoms with Gasteiger partial charge in [-0.15, -0.1) is 0 Å². The van der Waals surface area contributed by atoms with Gasteiger partial charge >= 0.3 is 5.97 Å². The third-order valence-corrected chi connectivity index (χ3v) is 6.31. The molecule has 3 N–H and O–H groups in total. The fraction of sp³-hybridized carbons (Fsp3) is 0.385. The average molecular weight is 501 g/mol. The summed E-state index contributed by atoms with van der Waals surface area (Å²) < 4.78 is 31.5. The number of aliphatic carboxylic acids is 1. The second-order valence-electron chi connectivity index (χ2n) is 8.70. The van der Waals surface area contributed by atoms with Crippen LogP contribution in [-0.2, 0) is 32.6 Å². The Kier molecular flexibility index (Phi) is 9.45. The lowest BCUT2D eigenvalue weighted by molar-refractivity contribution is -0.136. The molecule has 2 aliphatic carbocycles. The molecule has 0 spiro atoms. The summed E-state index contributed by atoms with van der Waals surface area (Å²) in [5, 5.41) is 12.0. The van der Waals surface area contributed by atoms with Crippen molar-refractivity contribution in [3.63, 3.8) is 0 Å². The van der Waals surface area contributed by atoms with Gasteiger partial charge in [-0.05, 0) is 43.4 Å². The normalized spacial score (nSPS) is 15.6. The van der Waals surface area contributed by atoms with E-state index in [2.05, 4.69) is 28.3 Å². The number of carboxylic acids is 1. The van der Waals surface area contributed by atoms with Crippen molar-refractivity contribution in [3.05, 3.63) is 76.6 Å². The van der Waals surface area contributed by atoms with Crippen LogP contribution in [0.15, 0.2) is 65.5 Å². The van der Waals surface area contributed by atoms with Gasteiger partial charge in [0.1, 0.15) is 11.5 Å². The molecule has 35 heavy (non-hydrogen) atoms. The average Bonchev–Trinajstić information content (AvgIpc) is 2.80. The van der Waals surface area contributed by atoms with Gasteiger partial charge in [0, 0.05) is 31.5 Å². The Labute approximate surface area is 206 Å². The highest BCUT2D eigenvalue weighted by atomic mass is 32.2. The summed E-state index contributed by atoms with van der Waals surface area (Å²) in [4.78, 5) is 23.3. The number of nitrogens with one attached hydrogen (secondary N) is 2. The molecule has 188 valence electrons. The lowest BCUT2D eigenvalue weighted by Crippen LogP contribution is -2.25. The number of ether oxygens (including phenoxy) is 1. The Morgan fingerprint density at radius 2 is 1.94 bits per heavy atom. The van der Waals surface area contributed by atoms with Crippen LogP contribution in [0.3, 0.4) is 0 Å². The monoisotopic (exact) mass is 500 g/mol. The predicted octanol–water partition coefficient (Wildman–Crippen LogP) is 3.52. The Bertz CT molecular complexity index is 1180. The summed E-state index contributed by atoms with van der Waals surface area (Å²) >= 11 is 0.